The number of aromatic nitrogens is 4. The number of nitrogens with one attached hydrogen (secondary N) is 1. The summed E-state index contributed by atoms with van der Waals surface area (Å²) < 4.78 is 12.2. The van der Waals surface area contributed by atoms with E-state index in [1.807, 2.05) is 6.07 Å². The van der Waals surface area contributed by atoms with Crippen molar-refractivity contribution in [2.75, 3.05) is 6.79 Å². The molecule has 8 heteroatoms. The van der Waals surface area contributed by atoms with Crippen LogP contribution in [0, 0.1) is 0 Å². The SMILES string of the molecule is O=c1[nH]cnc2nn(Cc3cc4c(cc3Cl)OCO4)cc12. The molecule has 2 aromatic heterocycles. The average molecular weight is 305 g/mol. The highest BCUT2D eigenvalue weighted by molar-refractivity contribution is 6.31. The Morgan fingerprint density at radius 3 is 2.95 bits per heavy atom. The molecule has 4 rings (SSSR count). The van der Waals surface area contributed by atoms with E-state index >= 15 is 0 Å². The van der Waals surface area contributed by atoms with Gasteiger partial charge >= 0.3 is 0 Å². The van der Waals surface area contributed by atoms with Crippen LogP contribution in [0.1, 0.15) is 5.56 Å². The van der Waals surface area contributed by atoms with Crippen LogP contribution in [-0.4, -0.2) is 26.5 Å². The van der Waals surface area contributed by atoms with Crippen LogP contribution in [0.15, 0.2) is 29.5 Å². The number of hydrogen-bond donors (Lipinski definition) is 1. The lowest BCUT2D eigenvalue weighted by Crippen LogP contribution is -2.04. The van der Waals surface area contributed by atoms with Crippen LogP contribution < -0.4 is 15.0 Å². The molecule has 1 aliphatic rings. The molecule has 0 atom stereocenters. The van der Waals surface area contributed by atoms with Crippen LogP contribution in [0.25, 0.3) is 11.0 Å². The smallest absolute Gasteiger partial charge is 0.261 e. The van der Waals surface area contributed by atoms with Crippen molar-refractivity contribution >= 4 is 22.6 Å². The third-order valence-corrected chi connectivity index (χ3v) is 3.60. The number of hydrogen-bond acceptors (Lipinski definition) is 5. The van der Waals surface area contributed by atoms with Gasteiger partial charge in [0.25, 0.3) is 5.56 Å². The summed E-state index contributed by atoms with van der Waals surface area (Å²) in [6.45, 7) is 0.603. The summed E-state index contributed by atoms with van der Waals surface area (Å²) in [6.07, 6.45) is 2.97. The Labute approximate surface area is 123 Å². The second-order valence-corrected chi connectivity index (χ2v) is 5.00. The molecule has 7 nitrogen and oxygen atoms in total. The Hall–Kier alpha value is -2.54. The van der Waals surface area contributed by atoms with Gasteiger partial charge in [-0.2, -0.15) is 5.10 Å². The summed E-state index contributed by atoms with van der Waals surface area (Å²) in [4.78, 5) is 18.2. The number of benzene rings is 1. The number of ether oxygens (including phenoxy) is 2. The first-order valence-corrected chi connectivity index (χ1v) is 6.57. The van der Waals surface area contributed by atoms with Crippen molar-refractivity contribution in [2.24, 2.45) is 0 Å². The predicted octanol–water partition coefficient (Wildman–Crippen LogP) is 1.55. The standard InChI is InChI=1S/C13H9ClN4O3/c14-9-2-11-10(20-6-21-11)1-7(9)3-18-4-8-12(17-18)15-5-16-13(8)19/h1-2,4-5H,3,6H2,(H,15,16,17,19). The molecule has 0 unspecified atom stereocenters. The Morgan fingerprint density at radius 2 is 2.14 bits per heavy atom. The molecule has 3 heterocycles. The lowest BCUT2D eigenvalue weighted by molar-refractivity contribution is 0.174. The van der Waals surface area contributed by atoms with Gasteiger partial charge in [0.05, 0.1) is 12.9 Å². The second-order valence-electron chi connectivity index (χ2n) is 4.59. The van der Waals surface area contributed by atoms with Crippen molar-refractivity contribution in [3.8, 4) is 11.5 Å². The Balaban J connectivity index is 1.75. The Bertz CT molecular complexity index is 902. The summed E-state index contributed by atoms with van der Waals surface area (Å²) in [5.74, 6) is 1.29. The topological polar surface area (TPSA) is 82.0 Å². The third-order valence-electron chi connectivity index (χ3n) is 3.24. The molecule has 1 aliphatic heterocycles. The molecule has 1 N–H and O–H groups in total. The number of fused-ring (bicyclic) bond motifs is 2. The fraction of sp³-hybridized carbons (Fsp3) is 0.154. The predicted molar refractivity (Wildman–Crippen MR) is 74.8 cm³/mol. The molecule has 3 aromatic rings. The van der Waals surface area contributed by atoms with Gasteiger partial charge in [-0.05, 0) is 11.6 Å². The first kappa shape index (κ1) is 12.2. The molecule has 0 spiro atoms. The van der Waals surface area contributed by atoms with E-state index in [0.29, 0.717) is 34.1 Å². The zero-order chi connectivity index (χ0) is 14.4. The van der Waals surface area contributed by atoms with E-state index in [1.165, 1.54) is 6.33 Å². The highest BCUT2D eigenvalue weighted by Crippen LogP contribution is 2.37. The molecule has 21 heavy (non-hydrogen) atoms. The third kappa shape index (κ3) is 2.02. The molecular formula is C13H9ClN4O3. The maximum Gasteiger partial charge on any atom is 0.261 e. The van der Waals surface area contributed by atoms with Gasteiger partial charge in [0.1, 0.15) is 5.39 Å². The number of H-pyrrole nitrogens is 1. The van der Waals surface area contributed by atoms with E-state index in [4.69, 9.17) is 21.1 Å². The van der Waals surface area contributed by atoms with Gasteiger partial charge in [0.2, 0.25) is 6.79 Å². The van der Waals surface area contributed by atoms with Crippen molar-refractivity contribution in [2.45, 2.75) is 6.54 Å². The zero-order valence-corrected chi connectivity index (χ0v) is 11.4. The van der Waals surface area contributed by atoms with Crippen molar-refractivity contribution in [3.05, 3.63) is 45.6 Å². The lowest BCUT2D eigenvalue weighted by Gasteiger charge is -2.06. The number of rotatable bonds is 2. The van der Waals surface area contributed by atoms with Crippen LogP contribution in [-0.2, 0) is 6.54 Å². The minimum Gasteiger partial charge on any atom is -0.454 e. The van der Waals surface area contributed by atoms with Gasteiger partial charge in [-0.15, -0.1) is 0 Å². The molecule has 0 radical (unpaired) electrons. The number of aromatic amines is 1. The van der Waals surface area contributed by atoms with Crippen LogP contribution in [0.4, 0.5) is 0 Å². The van der Waals surface area contributed by atoms with E-state index in [2.05, 4.69) is 15.1 Å². The lowest BCUT2D eigenvalue weighted by atomic mass is 10.2. The van der Waals surface area contributed by atoms with Crippen LogP contribution in [0.2, 0.25) is 5.02 Å². The van der Waals surface area contributed by atoms with E-state index in [-0.39, 0.29) is 12.4 Å². The van der Waals surface area contributed by atoms with E-state index in [9.17, 15) is 4.79 Å². The minimum atomic E-state index is -0.219. The fourth-order valence-corrected chi connectivity index (χ4v) is 2.45. The zero-order valence-electron chi connectivity index (χ0n) is 10.7. The number of nitrogens with zero attached hydrogens (tertiary/aromatic N) is 3. The van der Waals surface area contributed by atoms with Crippen LogP contribution in [0.5, 0.6) is 11.5 Å². The maximum atomic E-state index is 11.7. The molecule has 0 saturated carbocycles. The highest BCUT2D eigenvalue weighted by atomic mass is 35.5. The van der Waals surface area contributed by atoms with Gasteiger partial charge in [-0.1, -0.05) is 11.6 Å². The monoisotopic (exact) mass is 304 g/mol. The summed E-state index contributed by atoms with van der Waals surface area (Å²) in [7, 11) is 0. The Kier molecular flexibility index (Phi) is 2.61. The summed E-state index contributed by atoms with van der Waals surface area (Å²) in [5, 5.41) is 5.25. The normalized spacial score (nSPS) is 13.0. The molecule has 0 bridgehead atoms. The van der Waals surface area contributed by atoms with Crippen molar-refractivity contribution in [3.63, 3.8) is 0 Å². The van der Waals surface area contributed by atoms with Gasteiger partial charge in [0, 0.05) is 17.3 Å². The summed E-state index contributed by atoms with van der Waals surface area (Å²) in [5.41, 5.74) is 1.00. The van der Waals surface area contributed by atoms with Gasteiger partial charge in [-0.25, -0.2) is 4.98 Å². The van der Waals surface area contributed by atoms with Gasteiger partial charge in [0.15, 0.2) is 17.1 Å². The van der Waals surface area contributed by atoms with Crippen molar-refractivity contribution in [1.29, 1.82) is 0 Å². The van der Waals surface area contributed by atoms with Crippen LogP contribution >= 0.6 is 11.6 Å². The first-order chi connectivity index (χ1) is 10.2. The largest absolute Gasteiger partial charge is 0.454 e. The number of halogens is 1. The first-order valence-electron chi connectivity index (χ1n) is 6.19. The molecule has 0 fully saturated rings. The van der Waals surface area contributed by atoms with E-state index < -0.39 is 0 Å². The summed E-state index contributed by atoms with van der Waals surface area (Å²) >= 11 is 6.23. The molecule has 0 amide bonds. The van der Waals surface area contributed by atoms with E-state index in [0.717, 1.165) is 5.56 Å². The molecule has 0 aliphatic carbocycles. The molecular weight excluding hydrogens is 296 g/mol. The second kappa shape index (κ2) is 4.49. The van der Waals surface area contributed by atoms with Crippen molar-refractivity contribution < 1.29 is 9.47 Å². The quantitative estimate of drug-likeness (QED) is 0.777. The average Bonchev–Trinajstić information content (AvgIpc) is 3.06. The van der Waals surface area contributed by atoms with Gasteiger partial charge < -0.3 is 14.5 Å². The molecule has 106 valence electrons. The fourth-order valence-electron chi connectivity index (χ4n) is 2.23. The van der Waals surface area contributed by atoms with E-state index in [1.54, 1.807) is 16.9 Å². The van der Waals surface area contributed by atoms with Crippen molar-refractivity contribution in [1.82, 2.24) is 19.7 Å². The highest BCUT2D eigenvalue weighted by Gasteiger charge is 2.17. The Morgan fingerprint density at radius 1 is 1.33 bits per heavy atom. The molecule has 1 aromatic carbocycles. The van der Waals surface area contributed by atoms with Crippen LogP contribution in [0.3, 0.4) is 0 Å². The van der Waals surface area contributed by atoms with Gasteiger partial charge in [-0.3, -0.25) is 9.48 Å². The minimum absolute atomic E-state index is 0.195. The molecule has 0 saturated heterocycles. The maximum absolute atomic E-state index is 11.7. The summed E-state index contributed by atoms with van der Waals surface area (Å²) in [6, 6.07) is 3.53.